The molecular formula is C26H25F4N7O. The number of nitrogens with zero attached hydrogens (tertiary/aromatic N) is 6. The lowest BCUT2D eigenvalue weighted by molar-refractivity contribution is -0.137. The van der Waals surface area contributed by atoms with Crippen molar-refractivity contribution in [1.29, 1.82) is 0 Å². The van der Waals surface area contributed by atoms with Crippen molar-refractivity contribution in [2.45, 2.75) is 6.18 Å². The largest absolute Gasteiger partial charge is 0.416 e. The van der Waals surface area contributed by atoms with E-state index in [9.17, 15) is 17.6 Å². The number of anilines is 4. The molecule has 5 rings (SSSR count). The minimum absolute atomic E-state index is 0.242. The maximum Gasteiger partial charge on any atom is 0.416 e. The van der Waals surface area contributed by atoms with Crippen LogP contribution in [0.1, 0.15) is 5.56 Å². The second-order valence-electron chi connectivity index (χ2n) is 8.96. The zero-order valence-electron chi connectivity index (χ0n) is 20.7. The molecule has 0 aliphatic carbocycles. The quantitative estimate of drug-likeness (QED) is 0.349. The van der Waals surface area contributed by atoms with Crippen molar-refractivity contribution >= 4 is 22.9 Å². The molecule has 0 spiro atoms. The predicted octanol–water partition coefficient (Wildman–Crippen LogP) is 5.13. The van der Waals surface area contributed by atoms with Crippen molar-refractivity contribution < 1.29 is 22.3 Å². The average molecular weight is 528 g/mol. The Kier molecular flexibility index (Phi) is 6.89. The number of benzene rings is 1. The van der Waals surface area contributed by atoms with E-state index in [0.717, 1.165) is 12.1 Å². The number of alkyl halides is 3. The Morgan fingerprint density at radius 3 is 2.45 bits per heavy atom. The summed E-state index contributed by atoms with van der Waals surface area (Å²) in [4.78, 5) is 16.5. The Bertz CT molecular complexity index is 1410. The Labute approximate surface area is 216 Å². The monoisotopic (exact) mass is 527 g/mol. The van der Waals surface area contributed by atoms with Crippen LogP contribution in [0, 0.1) is 5.82 Å². The van der Waals surface area contributed by atoms with E-state index < -0.39 is 17.6 Å². The van der Waals surface area contributed by atoms with Gasteiger partial charge in [0.15, 0.2) is 17.5 Å². The van der Waals surface area contributed by atoms with Crippen molar-refractivity contribution in [2.24, 2.45) is 0 Å². The second kappa shape index (κ2) is 10.3. The maximum absolute atomic E-state index is 14.4. The number of pyridine rings is 1. The van der Waals surface area contributed by atoms with Crippen LogP contribution in [0.3, 0.4) is 0 Å². The average Bonchev–Trinajstić information content (AvgIpc) is 3.39. The molecule has 12 heteroatoms. The van der Waals surface area contributed by atoms with E-state index in [2.05, 4.69) is 20.3 Å². The van der Waals surface area contributed by atoms with Gasteiger partial charge < -0.3 is 24.4 Å². The first-order valence-corrected chi connectivity index (χ1v) is 11.8. The van der Waals surface area contributed by atoms with Gasteiger partial charge >= 0.3 is 6.18 Å². The van der Waals surface area contributed by atoms with Crippen LogP contribution in [-0.4, -0.2) is 59.9 Å². The molecule has 0 amide bonds. The first kappa shape index (κ1) is 25.5. The highest BCUT2D eigenvalue weighted by atomic mass is 19.4. The highest BCUT2D eigenvalue weighted by molar-refractivity contribution is 5.67. The third-order valence-electron chi connectivity index (χ3n) is 6.05. The van der Waals surface area contributed by atoms with Crippen LogP contribution in [0.5, 0.6) is 0 Å². The molecule has 8 nitrogen and oxygen atoms in total. The van der Waals surface area contributed by atoms with Crippen LogP contribution in [0.4, 0.5) is 40.4 Å². The smallest absolute Gasteiger partial charge is 0.378 e. The van der Waals surface area contributed by atoms with Gasteiger partial charge in [-0.15, -0.1) is 0 Å². The number of hydrogen-bond acceptors (Lipinski definition) is 7. The zero-order chi connectivity index (χ0) is 26.9. The van der Waals surface area contributed by atoms with E-state index in [-0.39, 0.29) is 5.82 Å². The van der Waals surface area contributed by atoms with Crippen molar-refractivity contribution in [3.63, 3.8) is 0 Å². The molecule has 0 bridgehead atoms. The zero-order valence-corrected chi connectivity index (χ0v) is 20.7. The Morgan fingerprint density at radius 1 is 0.974 bits per heavy atom. The van der Waals surface area contributed by atoms with Crippen molar-refractivity contribution in [1.82, 2.24) is 19.5 Å². The molecule has 4 aromatic rings. The first-order chi connectivity index (χ1) is 18.2. The van der Waals surface area contributed by atoms with Gasteiger partial charge in [-0.25, -0.2) is 19.3 Å². The van der Waals surface area contributed by atoms with Crippen LogP contribution in [0.25, 0.3) is 17.2 Å². The minimum atomic E-state index is -4.46. The molecule has 1 fully saturated rings. The maximum atomic E-state index is 14.4. The molecule has 0 atom stereocenters. The number of ether oxygens (including phenoxy) is 1. The third kappa shape index (κ3) is 5.54. The normalized spacial score (nSPS) is 14.0. The predicted molar refractivity (Wildman–Crippen MR) is 137 cm³/mol. The lowest BCUT2D eigenvalue weighted by atomic mass is 10.1. The van der Waals surface area contributed by atoms with Gasteiger partial charge in [0.1, 0.15) is 5.82 Å². The van der Waals surface area contributed by atoms with Gasteiger partial charge in [0, 0.05) is 56.5 Å². The summed E-state index contributed by atoms with van der Waals surface area (Å²) in [6.45, 7) is 2.12. The van der Waals surface area contributed by atoms with Gasteiger partial charge in [-0.1, -0.05) is 0 Å². The Hall–Kier alpha value is -4.19. The molecule has 1 aliphatic rings. The fraction of sp³-hybridized carbons (Fsp3) is 0.269. The molecule has 1 aromatic carbocycles. The van der Waals surface area contributed by atoms with Crippen LogP contribution >= 0.6 is 0 Å². The van der Waals surface area contributed by atoms with Crippen molar-refractivity contribution in [3.05, 3.63) is 72.6 Å². The molecule has 1 aliphatic heterocycles. The molecular weight excluding hydrogens is 502 g/mol. The topological polar surface area (TPSA) is 71.3 Å². The fourth-order valence-corrected chi connectivity index (χ4v) is 4.05. The summed E-state index contributed by atoms with van der Waals surface area (Å²) in [6.07, 6.45) is 1.80. The number of rotatable bonds is 6. The minimum Gasteiger partial charge on any atom is -0.378 e. The van der Waals surface area contributed by atoms with E-state index >= 15 is 0 Å². The van der Waals surface area contributed by atoms with Crippen molar-refractivity contribution in [3.8, 4) is 17.2 Å². The molecule has 4 heterocycles. The highest BCUT2D eigenvalue weighted by Crippen LogP contribution is 2.35. The molecule has 3 aromatic heterocycles. The van der Waals surface area contributed by atoms with E-state index in [1.54, 1.807) is 60.2 Å². The Morgan fingerprint density at radius 2 is 1.76 bits per heavy atom. The van der Waals surface area contributed by atoms with Crippen LogP contribution < -0.4 is 15.1 Å². The number of morpholine rings is 1. The molecule has 0 saturated carbocycles. The molecule has 0 radical (unpaired) electrons. The van der Waals surface area contributed by atoms with Gasteiger partial charge in [-0.05, 0) is 36.4 Å². The van der Waals surface area contributed by atoms with Crippen molar-refractivity contribution in [2.75, 3.05) is 55.5 Å². The van der Waals surface area contributed by atoms with E-state index in [0.29, 0.717) is 60.6 Å². The third-order valence-corrected chi connectivity index (χ3v) is 6.05. The van der Waals surface area contributed by atoms with E-state index in [1.807, 2.05) is 4.90 Å². The van der Waals surface area contributed by atoms with Gasteiger partial charge in [0.25, 0.3) is 0 Å². The summed E-state index contributed by atoms with van der Waals surface area (Å²) in [7, 11) is 3.36. The summed E-state index contributed by atoms with van der Waals surface area (Å²) in [5.74, 6) is 0.714. The van der Waals surface area contributed by atoms with Gasteiger partial charge in [0.05, 0.1) is 36.9 Å². The van der Waals surface area contributed by atoms with Crippen LogP contribution in [0.2, 0.25) is 0 Å². The summed E-state index contributed by atoms with van der Waals surface area (Å²) < 4.78 is 61.5. The Balaban J connectivity index is 1.34. The molecule has 1 saturated heterocycles. The van der Waals surface area contributed by atoms with Crippen LogP contribution in [-0.2, 0) is 10.9 Å². The van der Waals surface area contributed by atoms with Gasteiger partial charge in [0.2, 0.25) is 0 Å². The SMILES string of the molecule is CN(C)c1cc(Nc2ccc(-n3ccc(-c4ncc(F)c(N5CCOCC5)n4)c3)nc2)cc(C(F)(F)F)c1. The highest BCUT2D eigenvalue weighted by Gasteiger charge is 2.31. The number of nitrogens with one attached hydrogen (secondary N) is 1. The lowest BCUT2D eigenvalue weighted by Gasteiger charge is -2.28. The lowest BCUT2D eigenvalue weighted by Crippen LogP contribution is -2.37. The number of halogens is 4. The molecule has 38 heavy (non-hydrogen) atoms. The summed E-state index contributed by atoms with van der Waals surface area (Å²) in [6, 6.07) is 9.06. The molecule has 198 valence electrons. The number of hydrogen-bond donors (Lipinski definition) is 1. The van der Waals surface area contributed by atoms with E-state index in [4.69, 9.17) is 4.74 Å². The van der Waals surface area contributed by atoms with E-state index in [1.165, 1.54) is 12.4 Å². The fourth-order valence-electron chi connectivity index (χ4n) is 4.05. The second-order valence-corrected chi connectivity index (χ2v) is 8.96. The summed E-state index contributed by atoms with van der Waals surface area (Å²) in [5.41, 5.74) is 1.19. The number of aromatic nitrogens is 4. The summed E-state index contributed by atoms with van der Waals surface area (Å²) >= 11 is 0. The van der Waals surface area contributed by atoms with Gasteiger partial charge in [-0.2, -0.15) is 13.2 Å². The molecule has 1 N–H and O–H groups in total. The van der Waals surface area contributed by atoms with Gasteiger partial charge in [-0.3, -0.25) is 0 Å². The summed E-state index contributed by atoms with van der Waals surface area (Å²) in [5, 5.41) is 3.00. The first-order valence-electron chi connectivity index (χ1n) is 11.8. The molecule has 0 unspecified atom stereocenters. The van der Waals surface area contributed by atoms with Crippen LogP contribution in [0.15, 0.2) is 61.2 Å². The standard InChI is InChI=1S/C26H25F4N7O/c1-35(2)21-12-18(26(28,29)30)11-20(13-21)33-19-3-4-23(31-14-19)37-6-5-17(16-37)24-32-15-22(27)25(34-24)36-7-9-38-10-8-36/h3-6,11-16,33H,7-10H2,1-2H3.